The molecule has 0 aliphatic heterocycles. The molecule has 0 spiro atoms. The van der Waals surface area contributed by atoms with Crippen molar-refractivity contribution in [3.63, 3.8) is 0 Å². The first-order chi connectivity index (χ1) is 12.8. The first kappa shape index (κ1) is 21.5. The second-order valence-corrected chi connectivity index (χ2v) is 8.20. The zero-order chi connectivity index (χ0) is 19.9. The van der Waals surface area contributed by atoms with Gasteiger partial charge < -0.3 is 14.4 Å². The van der Waals surface area contributed by atoms with Crippen molar-refractivity contribution in [2.24, 2.45) is 0 Å². The molecule has 2 rings (SSSR count). The van der Waals surface area contributed by atoms with E-state index in [1.54, 1.807) is 7.11 Å². The molecule has 0 fully saturated rings. The Hall–Kier alpha value is -1.85. The summed E-state index contributed by atoms with van der Waals surface area (Å²) >= 11 is 0. The molecule has 0 radical (unpaired) electrons. The summed E-state index contributed by atoms with van der Waals surface area (Å²) in [7, 11) is 3.85. The Morgan fingerprint density at radius 2 is 1.93 bits per heavy atom. The molecule has 5 nitrogen and oxygen atoms in total. The second-order valence-electron chi connectivity index (χ2n) is 8.20. The van der Waals surface area contributed by atoms with Crippen LogP contribution in [0.4, 0.5) is 0 Å². The molecule has 0 aliphatic rings. The zero-order valence-electron chi connectivity index (χ0n) is 17.8. The average molecular weight is 374 g/mol. The molecule has 0 unspecified atom stereocenters. The van der Waals surface area contributed by atoms with Gasteiger partial charge in [-0.05, 0) is 49.2 Å². The lowest BCUT2D eigenvalue weighted by molar-refractivity contribution is 0.146. The summed E-state index contributed by atoms with van der Waals surface area (Å²) in [4.78, 5) is 2.35. The fourth-order valence-electron chi connectivity index (χ4n) is 2.98. The van der Waals surface area contributed by atoms with Crippen LogP contribution >= 0.6 is 0 Å². The number of ether oxygens (including phenoxy) is 2. The van der Waals surface area contributed by atoms with Crippen molar-refractivity contribution < 1.29 is 9.47 Å². The van der Waals surface area contributed by atoms with Crippen molar-refractivity contribution in [2.75, 3.05) is 33.9 Å². The third-order valence-electron chi connectivity index (χ3n) is 4.67. The number of H-pyrrole nitrogens is 1. The molecule has 0 saturated heterocycles. The van der Waals surface area contributed by atoms with E-state index in [2.05, 4.69) is 68.0 Å². The predicted octanol–water partition coefficient (Wildman–Crippen LogP) is 4.63. The monoisotopic (exact) mass is 373 g/mol. The Bertz CT molecular complexity index is 704. The van der Waals surface area contributed by atoms with E-state index in [9.17, 15) is 0 Å². The maximum atomic E-state index is 5.93. The van der Waals surface area contributed by atoms with Crippen molar-refractivity contribution in [3.8, 4) is 17.0 Å². The van der Waals surface area contributed by atoms with Crippen LogP contribution in [0.5, 0.6) is 5.75 Å². The number of aromatic amines is 1. The molecule has 27 heavy (non-hydrogen) atoms. The highest BCUT2D eigenvalue weighted by atomic mass is 16.5. The third-order valence-corrected chi connectivity index (χ3v) is 4.67. The van der Waals surface area contributed by atoms with Crippen LogP contribution in [-0.2, 0) is 16.7 Å². The molecule has 1 aromatic carbocycles. The van der Waals surface area contributed by atoms with Gasteiger partial charge >= 0.3 is 0 Å². The third kappa shape index (κ3) is 6.36. The molecule has 0 amide bonds. The molecule has 0 aliphatic carbocycles. The summed E-state index contributed by atoms with van der Waals surface area (Å²) in [6.45, 7) is 12.0. The molecule has 1 N–H and O–H groups in total. The largest absolute Gasteiger partial charge is 0.491 e. The first-order valence-electron chi connectivity index (χ1n) is 9.83. The Kier molecular flexibility index (Phi) is 7.87. The minimum absolute atomic E-state index is 0.0352. The second kappa shape index (κ2) is 9.90. The normalized spacial score (nSPS) is 12.0. The topological polar surface area (TPSA) is 50.4 Å². The van der Waals surface area contributed by atoms with E-state index < -0.39 is 0 Å². The summed E-state index contributed by atoms with van der Waals surface area (Å²) in [5, 5.41) is 7.52. The van der Waals surface area contributed by atoms with Crippen LogP contribution in [0.1, 0.15) is 51.7 Å². The maximum absolute atomic E-state index is 5.93. The number of rotatable bonds is 10. The lowest BCUT2D eigenvalue weighted by Gasteiger charge is -2.22. The number of hydrogen-bond acceptors (Lipinski definition) is 4. The highest BCUT2D eigenvalue weighted by Crippen LogP contribution is 2.33. The summed E-state index contributed by atoms with van der Waals surface area (Å²) in [5.74, 6) is 0.870. The molecule has 150 valence electrons. The van der Waals surface area contributed by atoms with Gasteiger partial charge in [-0.3, -0.25) is 5.10 Å². The van der Waals surface area contributed by atoms with Gasteiger partial charge in [-0.15, -0.1) is 0 Å². The maximum Gasteiger partial charge on any atom is 0.120 e. The molecule has 1 heterocycles. The van der Waals surface area contributed by atoms with Gasteiger partial charge in [0.05, 0.1) is 18.5 Å². The van der Waals surface area contributed by atoms with Gasteiger partial charge in [-0.1, -0.05) is 34.1 Å². The van der Waals surface area contributed by atoms with Crippen LogP contribution in [0.2, 0.25) is 0 Å². The Morgan fingerprint density at radius 3 is 2.59 bits per heavy atom. The van der Waals surface area contributed by atoms with Crippen LogP contribution < -0.4 is 4.74 Å². The summed E-state index contributed by atoms with van der Waals surface area (Å²) in [6, 6.07) is 6.46. The highest BCUT2D eigenvalue weighted by Gasteiger charge is 2.18. The lowest BCUT2D eigenvalue weighted by Crippen LogP contribution is -2.19. The van der Waals surface area contributed by atoms with Gasteiger partial charge in [0.1, 0.15) is 12.4 Å². The number of hydrogen-bond donors (Lipinski definition) is 1. The Morgan fingerprint density at radius 1 is 1.15 bits per heavy atom. The molecule has 0 atom stereocenters. The quantitative estimate of drug-likeness (QED) is 0.617. The van der Waals surface area contributed by atoms with Gasteiger partial charge in [-0.2, -0.15) is 5.10 Å². The van der Waals surface area contributed by atoms with E-state index in [-0.39, 0.29) is 5.41 Å². The Balaban J connectivity index is 2.31. The minimum atomic E-state index is 0.0352. The smallest absolute Gasteiger partial charge is 0.120 e. The van der Waals surface area contributed by atoms with E-state index in [1.807, 2.05) is 6.20 Å². The van der Waals surface area contributed by atoms with E-state index in [4.69, 9.17) is 9.47 Å². The fraction of sp³-hybridized carbons (Fsp3) is 0.591. The van der Waals surface area contributed by atoms with E-state index in [0.717, 1.165) is 30.1 Å². The molecule has 1 aromatic heterocycles. The summed E-state index contributed by atoms with van der Waals surface area (Å²) in [6.07, 6.45) is 4.35. The molecular weight excluding hydrogens is 338 g/mol. The van der Waals surface area contributed by atoms with E-state index in [1.165, 1.54) is 24.0 Å². The zero-order valence-corrected chi connectivity index (χ0v) is 17.8. The van der Waals surface area contributed by atoms with Gasteiger partial charge in [-0.25, -0.2) is 0 Å². The van der Waals surface area contributed by atoms with Gasteiger partial charge in [0.15, 0.2) is 0 Å². The SMILES string of the molecule is CCCCN(C)Cc1cn[nH]c1-c1cc(OCCOC)cc(C(C)(C)C)c1. The van der Waals surface area contributed by atoms with Crippen molar-refractivity contribution >= 4 is 0 Å². The first-order valence-corrected chi connectivity index (χ1v) is 9.83. The number of nitrogens with zero attached hydrogens (tertiary/aromatic N) is 2. The van der Waals surface area contributed by atoms with Gasteiger partial charge in [0.2, 0.25) is 0 Å². The fourth-order valence-corrected chi connectivity index (χ4v) is 2.98. The van der Waals surface area contributed by atoms with Crippen LogP contribution in [0.15, 0.2) is 24.4 Å². The number of aromatic nitrogens is 2. The average Bonchev–Trinajstić information content (AvgIpc) is 3.07. The van der Waals surface area contributed by atoms with E-state index >= 15 is 0 Å². The Labute approximate surface area is 164 Å². The molecule has 2 aromatic rings. The van der Waals surface area contributed by atoms with Crippen LogP contribution in [0.3, 0.4) is 0 Å². The summed E-state index contributed by atoms with van der Waals surface area (Å²) in [5.41, 5.74) is 4.68. The lowest BCUT2D eigenvalue weighted by atomic mass is 9.85. The van der Waals surface area contributed by atoms with E-state index in [0.29, 0.717) is 13.2 Å². The standard InChI is InChI=1S/C22H35N3O2/c1-7-8-9-25(5)16-18-15-23-24-21(18)17-12-19(22(2,3)4)14-20(13-17)27-11-10-26-6/h12-15H,7-11,16H2,1-6H3,(H,23,24). The van der Waals surface area contributed by atoms with Gasteiger partial charge in [0.25, 0.3) is 0 Å². The van der Waals surface area contributed by atoms with Crippen molar-refractivity contribution in [1.29, 1.82) is 0 Å². The van der Waals surface area contributed by atoms with Crippen LogP contribution in [-0.4, -0.2) is 49.0 Å². The number of unbranched alkanes of at least 4 members (excludes halogenated alkanes) is 1. The van der Waals surface area contributed by atoms with Crippen molar-refractivity contribution in [1.82, 2.24) is 15.1 Å². The number of nitrogens with one attached hydrogen (secondary N) is 1. The number of benzene rings is 1. The van der Waals surface area contributed by atoms with Gasteiger partial charge in [0, 0.05) is 24.8 Å². The molecule has 0 saturated carbocycles. The van der Waals surface area contributed by atoms with Crippen LogP contribution in [0, 0.1) is 0 Å². The summed E-state index contributed by atoms with van der Waals surface area (Å²) < 4.78 is 11.0. The van der Waals surface area contributed by atoms with Crippen LogP contribution in [0.25, 0.3) is 11.3 Å². The van der Waals surface area contributed by atoms with Crippen molar-refractivity contribution in [3.05, 3.63) is 35.5 Å². The minimum Gasteiger partial charge on any atom is -0.491 e. The van der Waals surface area contributed by atoms with Crippen molar-refractivity contribution in [2.45, 2.75) is 52.5 Å². The number of methoxy groups -OCH3 is 1. The predicted molar refractivity (Wildman–Crippen MR) is 111 cm³/mol. The highest BCUT2D eigenvalue weighted by molar-refractivity contribution is 5.66. The molecule has 0 bridgehead atoms. The molecular formula is C22H35N3O2. The molecule has 5 heteroatoms.